The molecule has 104 valence electrons. The van der Waals surface area contributed by atoms with Gasteiger partial charge in [-0.25, -0.2) is 0 Å². The second kappa shape index (κ2) is 6.06. The van der Waals surface area contributed by atoms with Gasteiger partial charge in [0.2, 0.25) is 0 Å². The Kier molecular flexibility index (Phi) is 3.97. The highest BCUT2D eigenvalue weighted by atomic mass is 15.2. The van der Waals surface area contributed by atoms with Crippen LogP contribution in [0, 0.1) is 0 Å². The average Bonchev–Trinajstić information content (AvgIpc) is 2.96. The zero-order chi connectivity index (χ0) is 13.8. The molecule has 2 aromatic rings. The maximum atomic E-state index is 6.02. The summed E-state index contributed by atoms with van der Waals surface area (Å²) < 4.78 is 0. The van der Waals surface area contributed by atoms with Crippen molar-refractivity contribution in [3.05, 3.63) is 59.9 Å². The number of rotatable bonds is 4. The van der Waals surface area contributed by atoms with Crippen LogP contribution in [-0.2, 0) is 6.42 Å². The van der Waals surface area contributed by atoms with E-state index in [9.17, 15) is 0 Å². The summed E-state index contributed by atoms with van der Waals surface area (Å²) in [5.41, 5.74) is 9.58. The quantitative estimate of drug-likeness (QED) is 0.866. The Morgan fingerprint density at radius 3 is 2.75 bits per heavy atom. The van der Waals surface area contributed by atoms with Crippen LogP contribution >= 0.6 is 0 Å². The molecule has 2 heterocycles. The number of anilines is 1. The molecule has 20 heavy (non-hydrogen) atoms. The number of likely N-dealkylation sites (tertiary alicyclic amines) is 1. The molecule has 0 bridgehead atoms. The summed E-state index contributed by atoms with van der Waals surface area (Å²) in [6.07, 6.45) is 7.32. The Hall–Kier alpha value is -1.87. The lowest BCUT2D eigenvalue weighted by molar-refractivity contribution is 0.260. The van der Waals surface area contributed by atoms with Crippen LogP contribution in [0.4, 0.5) is 5.69 Å². The van der Waals surface area contributed by atoms with E-state index < -0.39 is 0 Å². The first-order valence-electron chi connectivity index (χ1n) is 7.32. The third-order valence-corrected chi connectivity index (χ3v) is 4.18. The highest BCUT2D eigenvalue weighted by molar-refractivity contribution is 5.46. The Balaban J connectivity index is 1.67. The summed E-state index contributed by atoms with van der Waals surface area (Å²) in [4.78, 5) is 6.68. The van der Waals surface area contributed by atoms with Crippen molar-refractivity contribution in [2.75, 3.05) is 18.8 Å². The van der Waals surface area contributed by atoms with Crippen molar-refractivity contribution >= 4 is 5.69 Å². The van der Waals surface area contributed by atoms with Gasteiger partial charge in [-0.1, -0.05) is 18.2 Å². The Morgan fingerprint density at radius 2 is 1.95 bits per heavy atom. The lowest BCUT2D eigenvalue weighted by atomic mass is 10.1. The average molecular weight is 267 g/mol. The molecule has 1 saturated heterocycles. The van der Waals surface area contributed by atoms with Gasteiger partial charge in [-0.2, -0.15) is 0 Å². The van der Waals surface area contributed by atoms with Crippen molar-refractivity contribution < 1.29 is 0 Å². The van der Waals surface area contributed by atoms with Gasteiger partial charge in [0, 0.05) is 30.7 Å². The van der Waals surface area contributed by atoms with Crippen LogP contribution in [0.2, 0.25) is 0 Å². The summed E-state index contributed by atoms with van der Waals surface area (Å²) in [5.74, 6) is 0. The minimum Gasteiger partial charge on any atom is -0.399 e. The van der Waals surface area contributed by atoms with Crippen molar-refractivity contribution in [2.24, 2.45) is 0 Å². The normalized spacial score (nSPS) is 19.3. The molecule has 0 spiro atoms. The third-order valence-electron chi connectivity index (χ3n) is 4.18. The van der Waals surface area contributed by atoms with Crippen molar-refractivity contribution in [2.45, 2.75) is 25.3 Å². The summed E-state index contributed by atoms with van der Waals surface area (Å²) in [5, 5.41) is 0. The second-order valence-corrected chi connectivity index (χ2v) is 5.42. The Morgan fingerprint density at radius 1 is 1.15 bits per heavy atom. The van der Waals surface area contributed by atoms with Crippen molar-refractivity contribution in [1.29, 1.82) is 0 Å². The third kappa shape index (κ3) is 2.83. The monoisotopic (exact) mass is 267 g/mol. The molecule has 1 aliphatic rings. The van der Waals surface area contributed by atoms with Gasteiger partial charge in [0.15, 0.2) is 0 Å². The maximum Gasteiger partial charge on any atom is 0.0349 e. The maximum absolute atomic E-state index is 6.02. The molecule has 2 N–H and O–H groups in total. The van der Waals surface area contributed by atoms with E-state index in [2.05, 4.69) is 34.1 Å². The van der Waals surface area contributed by atoms with E-state index in [-0.39, 0.29) is 0 Å². The molecular formula is C17H21N3. The molecule has 0 saturated carbocycles. The van der Waals surface area contributed by atoms with E-state index in [1.54, 1.807) is 0 Å². The molecule has 1 aromatic heterocycles. The van der Waals surface area contributed by atoms with Gasteiger partial charge in [-0.3, -0.25) is 9.88 Å². The van der Waals surface area contributed by atoms with Gasteiger partial charge in [0.25, 0.3) is 0 Å². The van der Waals surface area contributed by atoms with E-state index in [0.29, 0.717) is 6.04 Å². The number of benzene rings is 1. The molecule has 3 rings (SSSR count). The molecule has 1 aliphatic heterocycles. The highest BCUT2D eigenvalue weighted by Crippen LogP contribution is 2.31. The van der Waals surface area contributed by atoms with E-state index in [4.69, 9.17) is 5.73 Å². The summed E-state index contributed by atoms with van der Waals surface area (Å²) in [6, 6.07) is 13.0. The van der Waals surface area contributed by atoms with Crippen LogP contribution in [0.25, 0.3) is 0 Å². The van der Waals surface area contributed by atoms with Gasteiger partial charge in [0.1, 0.15) is 0 Å². The lowest BCUT2D eigenvalue weighted by Gasteiger charge is -2.25. The zero-order valence-electron chi connectivity index (χ0n) is 11.7. The molecule has 1 aromatic carbocycles. The number of nitrogens with two attached hydrogens (primary N) is 1. The van der Waals surface area contributed by atoms with Crippen molar-refractivity contribution in [3.8, 4) is 0 Å². The van der Waals surface area contributed by atoms with Crippen LogP contribution in [0.3, 0.4) is 0 Å². The first-order valence-corrected chi connectivity index (χ1v) is 7.32. The molecule has 1 atom stereocenters. The topological polar surface area (TPSA) is 42.1 Å². The summed E-state index contributed by atoms with van der Waals surface area (Å²) >= 11 is 0. The fourth-order valence-electron chi connectivity index (χ4n) is 3.08. The van der Waals surface area contributed by atoms with E-state index >= 15 is 0 Å². The van der Waals surface area contributed by atoms with E-state index in [0.717, 1.165) is 18.7 Å². The Bertz CT molecular complexity index is 553. The van der Waals surface area contributed by atoms with Crippen molar-refractivity contribution in [1.82, 2.24) is 9.88 Å². The van der Waals surface area contributed by atoms with Gasteiger partial charge in [-0.15, -0.1) is 0 Å². The fraction of sp³-hybridized carbons (Fsp3) is 0.353. The van der Waals surface area contributed by atoms with Crippen LogP contribution in [0.15, 0.2) is 48.8 Å². The van der Waals surface area contributed by atoms with Gasteiger partial charge >= 0.3 is 0 Å². The molecular weight excluding hydrogens is 246 g/mol. The number of hydrogen-bond acceptors (Lipinski definition) is 3. The molecule has 3 heteroatoms. The van der Waals surface area contributed by atoms with Gasteiger partial charge in [0.05, 0.1) is 0 Å². The standard InChI is InChI=1S/C17H21N3/c18-16-5-2-1-4-14(16)9-13-20-12-3-6-17(20)15-7-10-19-11-8-15/h1-2,4-5,7-8,10-11,17H,3,6,9,12-13,18H2. The van der Waals surface area contributed by atoms with Gasteiger partial charge < -0.3 is 5.73 Å². The first kappa shape index (κ1) is 13.1. The van der Waals surface area contributed by atoms with Crippen LogP contribution in [0.1, 0.15) is 30.0 Å². The highest BCUT2D eigenvalue weighted by Gasteiger charge is 2.25. The van der Waals surface area contributed by atoms with Crippen LogP contribution < -0.4 is 5.73 Å². The number of para-hydroxylation sites is 1. The molecule has 0 radical (unpaired) electrons. The van der Waals surface area contributed by atoms with E-state index in [1.165, 1.54) is 30.5 Å². The minimum absolute atomic E-state index is 0.544. The van der Waals surface area contributed by atoms with Crippen LogP contribution in [0.5, 0.6) is 0 Å². The van der Waals surface area contributed by atoms with Crippen LogP contribution in [-0.4, -0.2) is 23.0 Å². The summed E-state index contributed by atoms with van der Waals surface area (Å²) in [7, 11) is 0. The minimum atomic E-state index is 0.544. The predicted octanol–water partition coefficient (Wildman–Crippen LogP) is 3.04. The number of aromatic nitrogens is 1. The molecule has 1 fully saturated rings. The first-order chi connectivity index (χ1) is 9.84. The summed E-state index contributed by atoms with van der Waals surface area (Å²) in [6.45, 7) is 2.25. The molecule has 1 unspecified atom stereocenters. The molecule has 0 aliphatic carbocycles. The second-order valence-electron chi connectivity index (χ2n) is 5.42. The number of nitrogen functional groups attached to an aromatic ring is 1. The zero-order valence-corrected chi connectivity index (χ0v) is 11.7. The number of hydrogen-bond donors (Lipinski definition) is 1. The number of pyridine rings is 1. The largest absolute Gasteiger partial charge is 0.399 e. The fourth-order valence-corrected chi connectivity index (χ4v) is 3.08. The van der Waals surface area contributed by atoms with Gasteiger partial charge in [-0.05, 0) is 55.1 Å². The lowest BCUT2D eigenvalue weighted by Crippen LogP contribution is -2.25. The molecule has 3 nitrogen and oxygen atoms in total. The SMILES string of the molecule is Nc1ccccc1CCN1CCCC1c1ccncc1. The smallest absolute Gasteiger partial charge is 0.0349 e. The molecule has 0 amide bonds. The Labute approximate surface area is 120 Å². The van der Waals surface area contributed by atoms with Crippen molar-refractivity contribution in [3.63, 3.8) is 0 Å². The predicted molar refractivity (Wildman–Crippen MR) is 82.3 cm³/mol. The number of nitrogens with zero attached hydrogens (tertiary/aromatic N) is 2. The van der Waals surface area contributed by atoms with E-state index in [1.807, 2.05) is 24.5 Å².